The van der Waals surface area contributed by atoms with Crippen molar-refractivity contribution in [1.29, 1.82) is 0 Å². The molecule has 0 aliphatic heterocycles. The lowest BCUT2D eigenvalue weighted by atomic mass is 10.4. The Bertz CT molecular complexity index is 923. The van der Waals surface area contributed by atoms with E-state index >= 15 is 0 Å². The fraction of sp³-hybridized carbons (Fsp3) is 0. The van der Waals surface area contributed by atoms with Crippen LogP contribution in [0.5, 0.6) is 0 Å². The molecule has 3 aromatic heterocycles. The zero-order chi connectivity index (χ0) is 15.7. The van der Waals surface area contributed by atoms with Crippen molar-refractivity contribution in [3.63, 3.8) is 0 Å². The van der Waals surface area contributed by atoms with Crippen molar-refractivity contribution in [3.05, 3.63) is 52.9 Å². The molecule has 6 nitrogen and oxygen atoms in total. The van der Waals surface area contributed by atoms with Gasteiger partial charge in [-0.15, -0.1) is 5.10 Å². The molecule has 10 heteroatoms. The van der Waals surface area contributed by atoms with Gasteiger partial charge in [0.25, 0.3) is 10.0 Å². The number of nitrogens with one attached hydrogen (secondary N) is 1. The van der Waals surface area contributed by atoms with E-state index in [4.69, 9.17) is 11.6 Å². The third kappa shape index (κ3) is 2.96. The summed E-state index contributed by atoms with van der Waals surface area (Å²) in [7, 11) is -3.87. The van der Waals surface area contributed by atoms with Crippen molar-refractivity contribution in [2.24, 2.45) is 0 Å². The minimum absolute atomic E-state index is 0.0792. The Labute approximate surface area is 134 Å². The summed E-state index contributed by atoms with van der Waals surface area (Å²) in [5.74, 6) is 0.451. The zero-order valence-corrected chi connectivity index (χ0v) is 13.2. The van der Waals surface area contributed by atoms with Crippen LogP contribution in [-0.2, 0) is 10.0 Å². The van der Waals surface area contributed by atoms with Crippen LogP contribution in [0, 0.1) is 5.13 Å². The van der Waals surface area contributed by atoms with E-state index in [1.165, 1.54) is 23.0 Å². The second kappa shape index (κ2) is 5.67. The van der Waals surface area contributed by atoms with Crippen LogP contribution in [0.4, 0.5) is 10.2 Å². The van der Waals surface area contributed by atoms with Crippen molar-refractivity contribution in [2.45, 2.75) is 4.21 Å². The molecule has 0 amide bonds. The van der Waals surface area contributed by atoms with E-state index in [2.05, 4.69) is 14.8 Å². The Morgan fingerprint density at radius 1 is 1.27 bits per heavy atom. The van der Waals surface area contributed by atoms with Gasteiger partial charge in [-0.3, -0.25) is 4.72 Å². The number of anilines is 1. The Kier molecular flexibility index (Phi) is 3.85. The highest BCUT2D eigenvalue weighted by atomic mass is 35.5. The predicted molar refractivity (Wildman–Crippen MR) is 81.5 cm³/mol. The minimum Gasteiger partial charge on any atom is -0.261 e. The molecule has 0 atom stereocenters. The number of pyridine rings is 1. The number of sulfonamides is 1. The number of hydrogen-bond acceptors (Lipinski definition) is 5. The lowest BCUT2D eigenvalue weighted by Gasteiger charge is -2.03. The molecular weight excluding hydrogens is 351 g/mol. The van der Waals surface area contributed by atoms with Crippen molar-refractivity contribution in [1.82, 2.24) is 14.8 Å². The Hall–Kier alpha value is -1.97. The molecular formula is C12H8ClFN4O2S2. The van der Waals surface area contributed by atoms with Crippen molar-refractivity contribution < 1.29 is 12.8 Å². The Morgan fingerprint density at radius 2 is 2.09 bits per heavy atom. The highest BCUT2D eigenvalue weighted by molar-refractivity contribution is 7.94. The summed E-state index contributed by atoms with van der Waals surface area (Å²) in [5.41, 5.74) is 0. The van der Waals surface area contributed by atoms with Gasteiger partial charge < -0.3 is 0 Å². The van der Waals surface area contributed by atoms with Gasteiger partial charge in [0.05, 0.1) is 5.02 Å². The molecule has 0 aliphatic rings. The first-order chi connectivity index (χ1) is 10.5. The number of nitrogens with zero attached hydrogens (tertiary/aromatic N) is 3. The molecule has 0 unspecified atom stereocenters. The van der Waals surface area contributed by atoms with Crippen LogP contribution in [-0.4, -0.2) is 23.2 Å². The van der Waals surface area contributed by atoms with Crippen LogP contribution < -0.4 is 4.72 Å². The van der Waals surface area contributed by atoms with E-state index in [0.717, 1.165) is 6.07 Å². The summed E-state index contributed by atoms with van der Waals surface area (Å²) in [5, 5.41) is 3.85. The molecule has 114 valence electrons. The van der Waals surface area contributed by atoms with Crippen molar-refractivity contribution >= 4 is 38.8 Å². The largest absolute Gasteiger partial charge is 0.272 e. The fourth-order valence-corrected chi connectivity index (χ4v) is 3.88. The molecule has 0 fully saturated rings. The molecule has 0 spiro atoms. The van der Waals surface area contributed by atoms with E-state index in [9.17, 15) is 12.8 Å². The number of aromatic nitrogens is 3. The van der Waals surface area contributed by atoms with Gasteiger partial charge in [0.1, 0.15) is 4.21 Å². The quantitative estimate of drug-likeness (QED) is 0.778. The van der Waals surface area contributed by atoms with Crippen LogP contribution in [0.15, 0.2) is 46.9 Å². The van der Waals surface area contributed by atoms with Crippen LogP contribution >= 0.6 is 22.9 Å². The average molecular weight is 359 g/mol. The minimum atomic E-state index is -3.87. The molecule has 0 aliphatic carbocycles. The van der Waals surface area contributed by atoms with E-state index in [1.54, 1.807) is 18.3 Å². The van der Waals surface area contributed by atoms with Gasteiger partial charge in [0, 0.05) is 18.5 Å². The van der Waals surface area contributed by atoms with Gasteiger partial charge in [-0.25, -0.2) is 18.1 Å². The number of hydrogen-bond donors (Lipinski definition) is 1. The molecule has 0 saturated carbocycles. The number of halogens is 2. The average Bonchev–Trinajstić information content (AvgIpc) is 3.08. The smallest absolute Gasteiger partial charge is 0.261 e. The van der Waals surface area contributed by atoms with E-state index in [0.29, 0.717) is 22.2 Å². The highest BCUT2D eigenvalue weighted by Crippen LogP contribution is 2.23. The number of rotatable bonds is 4. The molecule has 3 heterocycles. The zero-order valence-electron chi connectivity index (χ0n) is 10.8. The summed E-state index contributed by atoms with van der Waals surface area (Å²) in [6.45, 7) is 0. The highest BCUT2D eigenvalue weighted by Gasteiger charge is 2.18. The fourth-order valence-electron chi connectivity index (χ4n) is 1.67. The maximum atomic E-state index is 12.9. The lowest BCUT2D eigenvalue weighted by molar-refractivity contribution is 0.603. The second-order valence-electron chi connectivity index (χ2n) is 4.12. The van der Waals surface area contributed by atoms with Crippen LogP contribution in [0.2, 0.25) is 5.02 Å². The predicted octanol–water partition coefficient (Wildman–Crippen LogP) is 2.92. The number of thiophene rings is 1. The van der Waals surface area contributed by atoms with Gasteiger partial charge in [-0.2, -0.15) is 4.39 Å². The summed E-state index contributed by atoms with van der Waals surface area (Å²) >= 11 is 6.53. The van der Waals surface area contributed by atoms with Crippen LogP contribution in [0.25, 0.3) is 5.82 Å². The van der Waals surface area contributed by atoms with Crippen LogP contribution in [0.1, 0.15) is 0 Å². The summed E-state index contributed by atoms with van der Waals surface area (Å²) < 4.78 is 40.6. The van der Waals surface area contributed by atoms with Crippen LogP contribution in [0.3, 0.4) is 0 Å². The molecule has 22 heavy (non-hydrogen) atoms. The molecule has 3 rings (SSSR count). The second-order valence-corrected chi connectivity index (χ2v) is 7.47. The summed E-state index contributed by atoms with van der Waals surface area (Å²) in [6, 6.07) is 7.04. The third-order valence-corrected chi connectivity index (χ3v) is 5.61. The maximum absolute atomic E-state index is 12.9. The maximum Gasteiger partial charge on any atom is 0.272 e. The molecule has 0 saturated heterocycles. The van der Waals surface area contributed by atoms with Gasteiger partial charge in [-0.1, -0.05) is 22.9 Å². The monoisotopic (exact) mass is 358 g/mol. The van der Waals surface area contributed by atoms with Gasteiger partial charge in [-0.05, 0) is 24.3 Å². The van der Waals surface area contributed by atoms with Gasteiger partial charge in [0.2, 0.25) is 0 Å². The summed E-state index contributed by atoms with van der Waals surface area (Å²) in [6.07, 6.45) is 3.06. The van der Waals surface area contributed by atoms with Crippen molar-refractivity contribution in [3.8, 4) is 5.82 Å². The van der Waals surface area contributed by atoms with E-state index in [1.807, 2.05) is 0 Å². The molecule has 0 bridgehead atoms. The molecule has 1 N–H and O–H groups in total. The summed E-state index contributed by atoms with van der Waals surface area (Å²) in [4.78, 5) is 4.06. The first kappa shape index (κ1) is 14.9. The lowest BCUT2D eigenvalue weighted by Crippen LogP contribution is -2.12. The SMILES string of the molecule is O=S(=O)(Nc1ccn(-c2ncccc2Cl)n1)c1ccc(F)s1. The Morgan fingerprint density at radius 3 is 2.77 bits per heavy atom. The standard InChI is InChI=1S/C12H8ClFN4O2S2/c13-8-2-1-6-15-12(8)18-7-5-10(16-18)17-22(19,20)11-4-3-9(14)21-11/h1-7H,(H,16,17). The van der Waals surface area contributed by atoms with Gasteiger partial charge in [0.15, 0.2) is 16.8 Å². The van der Waals surface area contributed by atoms with E-state index < -0.39 is 15.2 Å². The first-order valence-corrected chi connectivity index (χ1v) is 8.58. The third-order valence-electron chi connectivity index (χ3n) is 2.60. The molecule has 0 radical (unpaired) electrons. The first-order valence-electron chi connectivity index (χ1n) is 5.90. The van der Waals surface area contributed by atoms with Crippen molar-refractivity contribution in [2.75, 3.05) is 4.72 Å². The van der Waals surface area contributed by atoms with Gasteiger partial charge >= 0.3 is 0 Å². The van der Waals surface area contributed by atoms with E-state index in [-0.39, 0.29) is 10.0 Å². The molecule has 3 aromatic rings. The topological polar surface area (TPSA) is 76.9 Å². The Balaban J connectivity index is 1.88. The molecule has 0 aromatic carbocycles. The normalized spacial score (nSPS) is 11.5.